The van der Waals surface area contributed by atoms with Gasteiger partial charge in [0.2, 0.25) is 11.8 Å². The molecular formula is C15H17N3O3. The van der Waals surface area contributed by atoms with Gasteiger partial charge in [0.1, 0.15) is 5.75 Å². The van der Waals surface area contributed by atoms with Crippen molar-refractivity contribution in [3.05, 3.63) is 46.2 Å². The van der Waals surface area contributed by atoms with E-state index < -0.39 is 0 Å². The Balaban J connectivity index is 1.85. The Labute approximate surface area is 122 Å². The number of aromatic amines is 1. The van der Waals surface area contributed by atoms with E-state index in [2.05, 4.69) is 9.97 Å². The van der Waals surface area contributed by atoms with E-state index in [1.54, 1.807) is 0 Å². The van der Waals surface area contributed by atoms with Gasteiger partial charge in [0.05, 0.1) is 19.3 Å². The molecule has 1 saturated heterocycles. The highest BCUT2D eigenvalue weighted by Crippen LogP contribution is 2.20. The fourth-order valence-corrected chi connectivity index (χ4v) is 2.20. The van der Waals surface area contributed by atoms with Crippen molar-refractivity contribution in [1.82, 2.24) is 9.97 Å². The summed E-state index contributed by atoms with van der Waals surface area (Å²) in [5.41, 5.74) is 0.861. The normalized spacial score (nSPS) is 15.0. The van der Waals surface area contributed by atoms with Gasteiger partial charge in [-0.25, -0.2) is 0 Å². The van der Waals surface area contributed by atoms with Crippen molar-refractivity contribution in [2.75, 3.05) is 31.2 Å². The van der Waals surface area contributed by atoms with Gasteiger partial charge >= 0.3 is 0 Å². The molecule has 0 bridgehead atoms. The summed E-state index contributed by atoms with van der Waals surface area (Å²) in [6.07, 6.45) is 0. The molecule has 1 aliphatic heterocycles. The number of H-pyrrole nitrogens is 1. The molecule has 110 valence electrons. The second-order valence-electron chi connectivity index (χ2n) is 4.93. The fraction of sp³-hybridized carbons (Fsp3) is 0.333. The third-order valence-electron chi connectivity index (χ3n) is 3.23. The van der Waals surface area contributed by atoms with E-state index in [0.29, 0.717) is 43.9 Å². The van der Waals surface area contributed by atoms with E-state index in [1.165, 1.54) is 6.07 Å². The minimum absolute atomic E-state index is 0.228. The second kappa shape index (κ2) is 5.97. The number of rotatable bonds is 3. The Kier molecular flexibility index (Phi) is 3.87. The lowest BCUT2D eigenvalue weighted by Gasteiger charge is -2.27. The zero-order valence-electron chi connectivity index (χ0n) is 11.8. The highest BCUT2D eigenvalue weighted by atomic mass is 16.5. The van der Waals surface area contributed by atoms with E-state index in [9.17, 15) is 4.79 Å². The van der Waals surface area contributed by atoms with E-state index in [4.69, 9.17) is 9.47 Å². The number of ether oxygens (including phenoxy) is 2. The van der Waals surface area contributed by atoms with Crippen molar-refractivity contribution in [2.24, 2.45) is 0 Å². The predicted molar refractivity (Wildman–Crippen MR) is 79.1 cm³/mol. The first-order chi connectivity index (χ1) is 10.2. The van der Waals surface area contributed by atoms with Gasteiger partial charge in [-0.2, -0.15) is 4.98 Å². The van der Waals surface area contributed by atoms with Crippen LogP contribution in [0.2, 0.25) is 0 Å². The maximum atomic E-state index is 11.8. The number of nitrogens with zero attached hydrogens (tertiary/aromatic N) is 2. The molecule has 6 heteroatoms. The van der Waals surface area contributed by atoms with Crippen LogP contribution in [0.3, 0.4) is 0 Å². The van der Waals surface area contributed by atoms with Crippen LogP contribution in [0.15, 0.2) is 35.1 Å². The minimum Gasteiger partial charge on any atom is -0.439 e. The molecule has 21 heavy (non-hydrogen) atoms. The van der Waals surface area contributed by atoms with Crippen LogP contribution in [-0.4, -0.2) is 36.3 Å². The van der Waals surface area contributed by atoms with Crippen LogP contribution in [0.4, 0.5) is 5.95 Å². The fourth-order valence-electron chi connectivity index (χ4n) is 2.20. The van der Waals surface area contributed by atoms with Crippen molar-refractivity contribution in [3.63, 3.8) is 0 Å². The molecule has 2 heterocycles. The van der Waals surface area contributed by atoms with Crippen LogP contribution in [0.5, 0.6) is 11.6 Å². The third kappa shape index (κ3) is 3.41. The van der Waals surface area contributed by atoms with Crippen LogP contribution in [0.25, 0.3) is 0 Å². The van der Waals surface area contributed by atoms with Gasteiger partial charge in [0.25, 0.3) is 5.56 Å². The smallest absolute Gasteiger partial charge is 0.256 e. The van der Waals surface area contributed by atoms with E-state index >= 15 is 0 Å². The summed E-state index contributed by atoms with van der Waals surface area (Å²) in [6, 6.07) is 8.98. The van der Waals surface area contributed by atoms with Crippen LogP contribution in [0, 0.1) is 6.92 Å². The topological polar surface area (TPSA) is 67.5 Å². The van der Waals surface area contributed by atoms with Crippen LogP contribution in [0.1, 0.15) is 5.56 Å². The number of nitrogens with one attached hydrogen (secondary N) is 1. The summed E-state index contributed by atoms with van der Waals surface area (Å²) in [5, 5.41) is 0. The summed E-state index contributed by atoms with van der Waals surface area (Å²) in [6.45, 7) is 4.66. The molecule has 3 rings (SSSR count). The van der Waals surface area contributed by atoms with Crippen molar-refractivity contribution in [3.8, 4) is 11.6 Å². The largest absolute Gasteiger partial charge is 0.439 e. The summed E-state index contributed by atoms with van der Waals surface area (Å²) in [4.78, 5) is 20.9. The van der Waals surface area contributed by atoms with Gasteiger partial charge in [0, 0.05) is 13.1 Å². The number of aryl methyl sites for hydroxylation is 1. The molecule has 6 nitrogen and oxygen atoms in total. The SMILES string of the molecule is Cc1cccc(Oc2cc(=O)[nH]c(N3CCOCC3)n2)c1. The molecule has 2 aromatic rings. The van der Waals surface area contributed by atoms with Crippen molar-refractivity contribution in [2.45, 2.75) is 6.92 Å². The average molecular weight is 287 g/mol. The molecule has 0 amide bonds. The number of aromatic nitrogens is 2. The highest BCUT2D eigenvalue weighted by molar-refractivity contribution is 5.35. The van der Waals surface area contributed by atoms with Crippen molar-refractivity contribution >= 4 is 5.95 Å². The molecular weight excluding hydrogens is 270 g/mol. The number of hydrogen-bond donors (Lipinski definition) is 1. The Bertz CT molecular complexity index is 678. The maximum Gasteiger partial charge on any atom is 0.256 e. The molecule has 0 atom stereocenters. The summed E-state index contributed by atoms with van der Waals surface area (Å²) in [5.74, 6) is 1.49. The van der Waals surface area contributed by atoms with Gasteiger partial charge < -0.3 is 14.4 Å². The van der Waals surface area contributed by atoms with Gasteiger partial charge in [0.15, 0.2) is 0 Å². The molecule has 1 aliphatic rings. The van der Waals surface area contributed by atoms with Crippen molar-refractivity contribution in [1.29, 1.82) is 0 Å². The number of morpholine rings is 1. The van der Waals surface area contributed by atoms with Gasteiger partial charge in [-0.1, -0.05) is 12.1 Å². The van der Waals surface area contributed by atoms with Gasteiger partial charge in [-0.15, -0.1) is 0 Å². The first-order valence-electron chi connectivity index (χ1n) is 6.89. The maximum absolute atomic E-state index is 11.8. The van der Waals surface area contributed by atoms with Crippen LogP contribution in [-0.2, 0) is 4.74 Å². The summed E-state index contributed by atoms with van der Waals surface area (Å²) in [7, 11) is 0. The number of anilines is 1. The number of hydrogen-bond acceptors (Lipinski definition) is 5. The summed E-state index contributed by atoms with van der Waals surface area (Å²) >= 11 is 0. The highest BCUT2D eigenvalue weighted by Gasteiger charge is 2.14. The minimum atomic E-state index is -0.228. The molecule has 1 N–H and O–H groups in total. The molecule has 1 fully saturated rings. The van der Waals surface area contributed by atoms with Gasteiger partial charge in [-0.3, -0.25) is 9.78 Å². The monoisotopic (exact) mass is 287 g/mol. The first-order valence-corrected chi connectivity index (χ1v) is 6.89. The molecule has 1 aromatic carbocycles. The van der Waals surface area contributed by atoms with Gasteiger partial charge in [-0.05, 0) is 24.6 Å². The number of benzene rings is 1. The summed E-state index contributed by atoms with van der Waals surface area (Å²) < 4.78 is 11.0. The van der Waals surface area contributed by atoms with E-state index in [0.717, 1.165) is 5.56 Å². The molecule has 0 unspecified atom stereocenters. The average Bonchev–Trinajstić information content (AvgIpc) is 2.47. The lowest BCUT2D eigenvalue weighted by atomic mass is 10.2. The first kappa shape index (κ1) is 13.6. The van der Waals surface area contributed by atoms with E-state index in [-0.39, 0.29) is 5.56 Å². The Morgan fingerprint density at radius 3 is 2.86 bits per heavy atom. The Morgan fingerprint density at radius 1 is 1.29 bits per heavy atom. The molecule has 0 saturated carbocycles. The molecule has 0 aliphatic carbocycles. The molecule has 0 spiro atoms. The molecule has 1 aromatic heterocycles. The van der Waals surface area contributed by atoms with Crippen LogP contribution < -0.4 is 15.2 Å². The zero-order chi connectivity index (χ0) is 14.7. The Morgan fingerprint density at radius 2 is 2.10 bits per heavy atom. The lowest BCUT2D eigenvalue weighted by Crippen LogP contribution is -2.38. The zero-order valence-corrected chi connectivity index (χ0v) is 11.8. The predicted octanol–water partition coefficient (Wildman–Crippen LogP) is 1.71. The van der Waals surface area contributed by atoms with E-state index in [1.807, 2.05) is 36.1 Å². The second-order valence-corrected chi connectivity index (χ2v) is 4.93. The van der Waals surface area contributed by atoms with Crippen LogP contribution >= 0.6 is 0 Å². The third-order valence-corrected chi connectivity index (χ3v) is 3.23. The standard InChI is InChI=1S/C15H17N3O3/c1-11-3-2-4-12(9-11)21-14-10-13(19)16-15(17-14)18-5-7-20-8-6-18/h2-4,9-10H,5-8H2,1H3,(H,16,17,19). The molecule has 0 radical (unpaired) electrons. The lowest BCUT2D eigenvalue weighted by molar-refractivity contribution is 0.122. The quantitative estimate of drug-likeness (QED) is 0.930. The Hall–Kier alpha value is -2.34. The van der Waals surface area contributed by atoms with Crippen molar-refractivity contribution < 1.29 is 9.47 Å².